The third kappa shape index (κ3) is 3.19. The molecule has 0 saturated carbocycles. The number of fused-ring (bicyclic) bond motifs is 1. The van der Waals surface area contributed by atoms with Gasteiger partial charge in [0, 0.05) is 5.39 Å². The number of rotatable bonds is 4. The van der Waals surface area contributed by atoms with Crippen LogP contribution in [0.5, 0.6) is 0 Å². The molecule has 0 aliphatic rings. The Morgan fingerprint density at radius 1 is 1.08 bits per heavy atom. The summed E-state index contributed by atoms with van der Waals surface area (Å²) in [5, 5.41) is 4.94. The molecule has 0 unspecified atom stereocenters. The van der Waals surface area contributed by atoms with Gasteiger partial charge in [-0.3, -0.25) is 0 Å². The van der Waals surface area contributed by atoms with E-state index in [1.54, 1.807) is 26.0 Å². The van der Waals surface area contributed by atoms with E-state index in [9.17, 15) is 8.42 Å². The van der Waals surface area contributed by atoms with E-state index in [0.717, 1.165) is 16.5 Å². The smallest absolute Gasteiger partial charge is 0.276 e. The van der Waals surface area contributed by atoms with Crippen molar-refractivity contribution in [1.82, 2.24) is 4.83 Å². The summed E-state index contributed by atoms with van der Waals surface area (Å²) in [7, 11) is -3.73. The van der Waals surface area contributed by atoms with Crippen molar-refractivity contribution >= 4 is 26.7 Å². The first-order chi connectivity index (χ1) is 11.4. The zero-order chi connectivity index (χ0) is 17.3. The van der Waals surface area contributed by atoms with Crippen LogP contribution in [0.25, 0.3) is 11.0 Å². The Morgan fingerprint density at radius 2 is 1.83 bits per heavy atom. The zero-order valence-electron chi connectivity index (χ0n) is 13.7. The predicted octanol–water partition coefficient (Wildman–Crippen LogP) is 3.75. The monoisotopic (exact) mass is 342 g/mol. The highest BCUT2D eigenvalue weighted by atomic mass is 32.2. The van der Waals surface area contributed by atoms with Crippen molar-refractivity contribution in [3.63, 3.8) is 0 Å². The number of nitrogens with zero attached hydrogens (tertiary/aromatic N) is 1. The maximum atomic E-state index is 12.5. The van der Waals surface area contributed by atoms with Crippen molar-refractivity contribution in [3.8, 4) is 0 Å². The minimum Gasteiger partial charge on any atom is -0.455 e. The van der Waals surface area contributed by atoms with Crippen LogP contribution >= 0.6 is 0 Å². The SMILES string of the molecule is C/C(=N/NS(=O)(=O)c1cc(C)ccc1C)c1cc2ccccc2o1. The molecule has 124 valence electrons. The van der Waals surface area contributed by atoms with Crippen molar-refractivity contribution in [2.75, 3.05) is 0 Å². The molecule has 1 N–H and O–H groups in total. The molecular weight excluding hydrogens is 324 g/mol. The molecule has 0 radical (unpaired) electrons. The first-order valence-corrected chi connectivity index (χ1v) is 8.97. The average Bonchev–Trinajstić information content (AvgIpc) is 2.99. The van der Waals surface area contributed by atoms with E-state index in [2.05, 4.69) is 9.93 Å². The lowest BCUT2D eigenvalue weighted by atomic mass is 10.2. The molecular formula is C18H18N2O3S. The zero-order valence-corrected chi connectivity index (χ0v) is 14.5. The Bertz CT molecular complexity index is 1000. The average molecular weight is 342 g/mol. The van der Waals surface area contributed by atoms with Gasteiger partial charge in [-0.25, -0.2) is 0 Å². The Morgan fingerprint density at radius 3 is 2.58 bits per heavy atom. The highest BCUT2D eigenvalue weighted by Gasteiger charge is 2.16. The van der Waals surface area contributed by atoms with E-state index in [-0.39, 0.29) is 4.90 Å². The van der Waals surface area contributed by atoms with Crippen molar-refractivity contribution in [2.45, 2.75) is 25.7 Å². The number of furan rings is 1. The lowest BCUT2D eigenvalue weighted by molar-refractivity contribution is 0.582. The topological polar surface area (TPSA) is 71.7 Å². The summed E-state index contributed by atoms with van der Waals surface area (Å²) in [6, 6.07) is 14.7. The molecule has 0 atom stereocenters. The third-order valence-corrected chi connectivity index (χ3v) is 5.10. The Kier molecular flexibility index (Phi) is 4.15. The van der Waals surface area contributed by atoms with Gasteiger partial charge in [-0.1, -0.05) is 30.3 Å². The molecule has 0 aliphatic carbocycles. The van der Waals surface area contributed by atoms with Crippen molar-refractivity contribution in [1.29, 1.82) is 0 Å². The molecule has 6 heteroatoms. The van der Waals surface area contributed by atoms with Gasteiger partial charge < -0.3 is 4.42 Å². The molecule has 0 amide bonds. The second kappa shape index (κ2) is 6.13. The fourth-order valence-electron chi connectivity index (χ4n) is 2.39. The molecule has 0 fully saturated rings. The van der Waals surface area contributed by atoms with Gasteiger partial charge in [0.25, 0.3) is 10.0 Å². The standard InChI is InChI=1S/C18H18N2O3S/c1-12-8-9-13(2)18(10-12)24(21,22)20-19-14(3)17-11-15-6-4-5-7-16(15)23-17/h4-11,20H,1-3H3/b19-14-. The summed E-state index contributed by atoms with van der Waals surface area (Å²) in [6.45, 7) is 5.30. The molecule has 0 spiro atoms. The molecule has 2 aromatic carbocycles. The van der Waals surface area contributed by atoms with Crippen LogP contribution in [0.3, 0.4) is 0 Å². The van der Waals surface area contributed by atoms with Gasteiger partial charge in [0.2, 0.25) is 0 Å². The van der Waals surface area contributed by atoms with E-state index < -0.39 is 10.0 Å². The van der Waals surface area contributed by atoms with Gasteiger partial charge in [-0.05, 0) is 50.1 Å². The van der Waals surface area contributed by atoms with Crippen LogP contribution in [0.2, 0.25) is 0 Å². The predicted molar refractivity (Wildman–Crippen MR) is 94.7 cm³/mol. The highest BCUT2D eigenvalue weighted by Crippen LogP contribution is 2.20. The molecule has 3 aromatic rings. The minimum atomic E-state index is -3.73. The first-order valence-electron chi connectivity index (χ1n) is 7.49. The molecule has 1 aromatic heterocycles. The molecule has 5 nitrogen and oxygen atoms in total. The number of sulfonamides is 1. The number of hydrogen-bond acceptors (Lipinski definition) is 4. The maximum Gasteiger partial charge on any atom is 0.276 e. The van der Waals surface area contributed by atoms with Gasteiger partial charge in [-0.15, -0.1) is 0 Å². The van der Waals surface area contributed by atoms with Crippen molar-refractivity contribution in [2.24, 2.45) is 5.10 Å². The Balaban J connectivity index is 1.89. The summed E-state index contributed by atoms with van der Waals surface area (Å²) >= 11 is 0. The number of benzene rings is 2. The van der Waals surface area contributed by atoms with Crippen LogP contribution in [-0.2, 0) is 10.0 Å². The minimum absolute atomic E-state index is 0.226. The molecule has 0 saturated heterocycles. The normalized spacial score (nSPS) is 12.5. The fraction of sp³-hybridized carbons (Fsp3) is 0.167. The van der Waals surface area contributed by atoms with Gasteiger partial charge in [0.05, 0.1) is 4.90 Å². The summed E-state index contributed by atoms with van der Waals surface area (Å²) < 4.78 is 30.6. The largest absolute Gasteiger partial charge is 0.455 e. The first kappa shape index (κ1) is 16.3. The molecule has 0 aliphatic heterocycles. The number of nitrogens with one attached hydrogen (secondary N) is 1. The van der Waals surface area contributed by atoms with E-state index in [4.69, 9.17) is 4.42 Å². The van der Waals surface area contributed by atoms with Crippen LogP contribution in [0, 0.1) is 13.8 Å². The van der Waals surface area contributed by atoms with Crippen molar-refractivity contribution in [3.05, 3.63) is 65.4 Å². The Hall–Kier alpha value is -2.60. The van der Waals surface area contributed by atoms with Crippen LogP contribution in [0.15, 0.2) is 62.9 Å². The van der Waals surface area contributed by atoms with Gasteiger partial charge in [0.1, 0.15) is 11.3 Å². The van der Waals surface area contributed by atoms with E-state index in [0.29, 0.717) is 17.0 Å². The summed E-state index contributed by atoms with van der Waals surface area (Å²) in [5.74, 6) is 0.528. The van der Waals surface area contributed by atoms with Crippen LogP contribution in [0.4, 0.5) is 0 Å². The van der Waals surface area contributed by atoms with E-state index in [1.807, 2.05) is 43.3 Å². The highest BCUT2D eigenvalue weighted by molar-refractivity contribution is 7.89. The van der Waals surface area contributed by atoms with Gasteiger partial charge in [-0.2, -0.15) is 18.4 Å². The second-order valence-corrected chi connectivity index (χ2v) is 7.34. The van der Waals surface area contributed by atoms with E-state index in [1.165, 1.54) is 0 Å². The number of hydrogen-bond donors (Lipinski definition) is 1. The lowest BCUT2D eigenvalue weighted by Gasteiger charge is -2.08. The molecule has 1 heterocycles. The van der Waals surface area contributed by atoms with E-state index >= 15 is 0 Å². The molecule has 0 bridgehead atoms. The van der Waals surface area contributed by atoms with Gasteiger partial charge >= 0.3 is 0 Å². The van der Waals surface area contributed by atoms with Crippen molar-refractivity contribution < 1.29 is 12.8 Å². The second-order valence-electron chi connectivity index (χ2n) is 5.71. The van der Waals surface area contributed by atoms with Gasteiger partial charge in [0.15, 0.2) is 5.76 Å². The number of hydrazone groups is 1. The molecule has 3 rings (SSSR count). The fourth-order valence-corrected chi connectivity index (χ4v) is 3.58. The number of para-hydroxylation sites is 1. The summed E-state index contributed by atoms with van der Waals surface area (Å²) in [4.78, 5) is 2.51. The third-order valence-electron chi connectivity index (χ3n) is 3.75. The number of aryl methyl sites for hydroxylation is 2. The van der Waals surface area contributed by atoms with Crippen LogP contribution in [-0.4, -0.2) is 14.1 Å². The van der Waals surface area contributed by atoms with Crippen LogP contribution < -0.4 is 4.83 Å². The van der Waals surface area contributed by atoms with Crippen LogP contribution in [0.1, 0.15) is 23.8 Å². The summed E-state index contributed by atoms with van der Waals surface area (Å²) in [5.41, 5.74) is 2.74. The summed E-state index contributed by atoms with van der Waals surface area (Å²) in [6.07, 6.45) is 0. The maximum absolute atomic E-state index is 12.5. The lowest BCUT2D eigenvalue weighted by Crippen LogP contribution is -2.21. The molecule has 24 heavy (non-hydrogen) atoms. The Labute approximate surface area is 141 Å². The quantitative estimate of drug-likeness (QED) is 0.580.